The number of halogens is 1. The first-order valence-corrected chi connectivity index (χ1v) is 11.4. The molecular formula is C28H26FN3O3. The number of aryl methyl sites for hydroxylation is 1. The van der Waals surface area contributed by atoms with Crippen LogP contribution in [0.25, 0.3) is 23.0 Å². The molecule has 0 saturated carbocycles. The molecule has 0 radical (unpaired) electrons. The lowest BCUT2D eigenvalue weighted by Gasteiger charge is -2.28. The van der Waals surface area contributed by atoms with Crippen molar-refractivity contribution >= 4 is 17.6 Å². The summed E-state index contributed by atoms with van der Waals surface area (Å²) in [5.74, 6) is 0.961. The number of hydrogen-bond acceptors (Lipinski definition) is 4. The Labute approximate surface area is 203 Å². The zero-order chi connectivity index (χ0) is 24.5. The van der Waals surface area contributed by atoms with Crippen LogP contribution in [0.5, 0.6) is 11.5 Å². The molecule has 2 aromatic heterocycles. The normalized spacial score (nSPS) is 13.3. The van der Waals surface area contributed by atoms with Crippen LogP contribution >= 0.6 is 0 Å². The fourth-order valence-electron chi connectivity index (χ4n) is 4.58. The number of carbonyl (C=O) groups is 1. The zero-order valence-electron chi connectivity index (χ0n) is 19.9. The summed E-state index contributed by atoms with van der Waals surface area (Å²) in [5.41, 5.74) is 6.23. The number of aromatic nitrogens is 2. The lowest BCUT2D eigenvalue weighted by molar-refractivity contribution is -0.126. The van der Waals surface area contributed by atoms with E-state index in [-0.39, 0.29) is 11.7 Å². The number of methoxy groups -OCH3 is 2. The summed E-state index contributed by atoms with van der Waals surface area (Å²) < 4.78 is 26.4. The standard InChI is InChI=1S/C28H26FN3O3/c1-18-5-4-6-26-30-28(19-7-9-22(29)10-8-19)23(32(18)26)11-12-27(33)31-14-13-20-15-24(34-2)25(35-3)16-21(20)17-31/h4-12,15-16H,13-14,17H2,1-3H3/b12-11+. The van der Waals surface area contributed by atoms with E-state index in [1.807, 2.05) is 46.6 Å². The highest BCUT2D eigenvalue weighted by Gasteiger charge is 2.22. The Hall–Kier alpha value is -4.13. The van der Waals surface area contributed by atoms with Gasteiger partial charge in [0.25, 0.3) is 0 Å². The van der Waals surface area contributed by atoms with Crippen LogP contribution in [-0.2, 0) is 17.8 Å². The molecular weight excluding hydrogens is 445 g/mol. The molecule has 0 fully saturated rings. The number of nitrogens with zero attached hydrogens (tertiary/aromatic N) is 3. The summed E-state index contributed by atoms with van der Waals surface area (Å²) >= 11 is 0. The predicted octanol–water partition coefficient (Wildman–Crippen LogP) is 5.06. The Morgan fingerprint density at radius 2 is 1.74 bits per heavy atom. The fraction of sp³-hybridized carbons (Fsp3) is 0.214. The number of benzene rings is 2. The first-order chi connectivity index (χ1) is 17.0. The van der Waals surface area contributed by atoms with Crippen LogP contribution in [-0.4, -0.2) is 41.0 Å². The maximum absolute atomic E-state index is 13.5. The Balaban J connectivity index is 1.47. The Bertz CT molecular complexity index is 1440. The van der Waals surface area contributed by atoms with Gasteiger partial charge in [-0.1, -0.05) is 6.07 Å². The molecule has 178 valence electrons. The van der Waals surface area contributed by atoms with Crippen molar-refractivity contribution in [3.63, 3.8) is 0 Å². The predicted molar refractivity (Wildman–Crippen MR) is 133 cm³/mol. The van der Waals surface area contributed by atoms with Crippen molar-refractivity contribution in [1.82, 2.24) is 14.3 Å². The van der Waals surface area contributed by atoms with Gasteiger partial charge in [-0.15, -0.1) is 0 Å². The van der Waals surface area contributed by atoms with Gasteiger partial charge in [0, 0.05) is 30.4 Å². The molecule has 0 atom stereocenters. The van der Waals surface area contributed by atoms with E-state index in [1.54, 1.807) is 38.5 Å². The monoisotopic (exact) mass is 471 g/mol. The third-order valence-electron chi connectivity index (χ3n) is 6.41. The summed E-state index contributed by atoms with van der Waals surface area (Å²) in [6.45, 7) is 3.10. The largest absolute Gasteiger partial charge is 0.493 e. The second kappa shape index (κ2) is 9.25. The van der Waals surface area contributed by atoms with E-state index >= 15 is 0 Å². The first kappa shape index (κ1) is 22.7. The maximum atomic E-state index is 13.5. The third kappa shape index (κ3) is 4.25. The number of carbonyl (C=O) groups excluding carboxylic acids is 1. The summed E-state index contributed by atoms with van der Waals surface area (Å²) in [6, 6.07) is 16.0. The topological polar surface area (TPSA) is 56.1 Å². The van der Waals surface area contributed by atoms with Crippen LogP contribution in [0.3, 0.4) is 0 Å². The minimum Gasteiger partial charge on any atom is -0.493 e. The molecule has 35 heavy (non-hydrogen) atoms. The van der Waals surface area contributed by atoms with Gasteiger partial charge in [0.15, 0.2) is 11.5 Å². The van der Waals surface area contributed by atoms with E-state index in [0.29, 0.717) is 30.3 Å². The van der Waals surface area contributed by atoms with E-state index < -0.39 is 0 Å². The number of hydrogen-bond donors (Lipinski definition) is 0. The molecule has 7 heteroatoms. The SMILES string of the molecule is COc1cc2c(cc1OC)CN(C(=O)/C=C/c1c(-c3ccc(F)cc3)nc3cccc(C)n13)CC2. The smallest absolute Gasteiger partial charge is 0.246 e. The highest BCUT2D eigenvalue weighted by Crippen LogP contribution is 2.33. The molecule has 4 aromatic rings. The van der Waals surface area contributed by atoms with Crippen molar-refractivity contribution < 1.29 is 18.7 Å². The van der Waals surface area contributed by atoms with Crippen LogP contribution in [0.1, 0.15) is 22.5 Å². The first-order valence-electron chi connectivity index (χ1n) is 11.4. The lowest BCUT2D eigenvalue weighted by atomic mass is 9.98. The van der Waals surface area contributed by atoms with E-state index in [0.717, 1.165) is 40.1 Å². The van der Waals surface area contributed by atoms with Gasteiger partial charge in [-0.05, 0) is 79.1 Å². The summed E-state index contributed by atoms with van der Waals surface area (Å²) in [5, 5.41) is 0. The fourth-order valence-corrected chi connectivity index (χ4v) is 4.58. The van der Waals surface area contributed by atoms with Gasteiger partial charge in [-0.2, -0.15) is 0 Å². The molecule has 0 aliphatic carbocycles. The van der Waals surface area contributed by atoms with Gasteiger partial charge in [-0.3, -0.25) is 9.20 Å². The number of fused-ring (bicyclic) bond motifs is 2. The zero-order valence-corrected chi connectivity index (χ0v) is 19.9. The van der Waals surface area contributed by atoms with Crippen molar-refractivity contribution in [2.45, 2.75) is 19.9 Å². The van der Waals surface area contributed by atoms with Crippen LogP contribution in [0.15, 0.2) is 60.7 Å². The maximum Gasteiger partial charge on any atom is 0.246 e. The summed E-state index contributed by atoms with van der Waals surface area (Å²) in [7, 11) is 3.23. The minimum atomic E-state index is -0.305. The molecule has 0 unspecified atom stereocenters. The average molecular weight is 472 g/mol. The Morgan fingerprint density at radius 3 is 2.46 bits per heavy atom. The van der Waals surface area contributed by atoms with Gasteiger partial charge in [0.2, 0.25) is 5.91 Å². The van der Waals surface area contributed by atoms with E-state index in [1.165, 1.54) is 12.1 Å². The molecule has 5 rings (SSSR count). The number of amides is 1. The number of pyridine rings is 1. The van der Waals surface area contributed by atoms with Crippen molar-refractivity contribution in [1.29, 1.82) is 0 Å². The number of rotatable bonds is 5. The van der Waals surface area contributed by atoms with Crippen molar-refractivity contribution in [2.75, 3.05) is 20.8 Å². The van der Waals surface area contributed by atoms with Crippen molar-refractivity contribution in [3.8, 4) is 22.8 Å². The highest BCUT2D eigenvalue weighted by atomic mass is 19.1. The van der Waals surface area contributed by atoms with Gasteiger partial charge in [-0.25, -0.2) is 9.37 Å². The van der Waals surface area contributed by atoms with E-state index in [4.69, 9.17) is 14.5 Å². The van der Waals surface area contributed by atoms with Crippen LogP contribution < -0.4 is 9.47 Å². The minimum absolute atomic E-state index is 0.0842. The summed E-state index contributed by atoms with van der Waals surface area (Å²) in [6.07, 6.45) is 4.14. The van der Waals surface area contributed by atoms with Crippen LogP contribution in [0.2, 0.25) is 0 Å². The number of ether oxygens (including phenoxy) is 2. The molecule has 1 aliphatic rings. The second-order valence-corrected chi connectivity index (χ2v) is 8.53. The molecule has 3 heterocycles. The molecule has 0 N–H and O–H groups in total. The van der Waals surface area contributed by atoms with Crippen LogP contribution in [0.4, 0.5) is 4.39 Å². The second-order valence-electron chi connectivity index (χ2n) is 8.53. The molecule has 0 saturated heterocycles. The van der Waals surface area contributed by atoms with Crippen molar-refractivity contribution in [3.05, 3.63) is 89.0 Å². The van der Waals surface area contributed by atoms with Gasteiger partial charge in [0.1, 0.15) is 11.5 Å². The van der Waals surface area contributed by atoms with Gasteiger partial charge >= 0.3 is 0 Å². The molecule has 1 aliphatic heterocycles. The Morgan fingerprint density at radius 1 is 1.03 bits per heavy atom. The number of imidazole rings is 1. The Kier molecular flexibility index (Phi) is 5.99. The molecule has 0 spiro atoms. The molecule has 6 nitrogen and oxygen atoms in total. The highest BCUT2D eigenvalue weighted by molar-refractivity contribution is 5.93. The summed E-state index contributed by atoms with van der Waals surface area (Å²) in [4.78, 5) is 19.8. The average Bonchev–Trinajstić information content (AvgIpc) is 3.26. The quantitative estimate of drug-likeness (QED) is 0.382. The van der Waals surface area contributed by atoms with Crippen LogP contribution in [0, 0.1) is 12.7 Å². The molecule has 0 bridgehead atoms. The van der Waals surface area contributed by atoms with E-state index in [2.05, 4.69) is 0 Å². The van der Waals surface area contributed by atoms with Gasteiger partial charge < -0.3 is 14.4 Å². The van der Waals surface area contributed by atoms with Crippen molar-refractivity contribution in [2.24, 2.45) is 0 Å². The molecule has 2 aromatic carbocycles. The van der Waals surface area contributed by atoms with E-state index in [9.17, 15) is 9.18 Å². The third-order valence-corrected chi connectivity index (χ3v) is 6.41. The lowest BCUT2D eigenvalue weighted by Crippen LogP contribution is -2.34. The van der Waals surface area contributed by atoms with Gasteiger partial charge in [0.05, 0.1) is 25.6 Å². The molecule has 1 amide bonds.